The number of hydrogen-bond acceptors (Lipinski definition) is 3. The zero-order valence-electron chi connectivity index (χ0n) is 32.0. The number of anilines is 3. The first kappa shape index (κ1) is 34.0. The number of hydrogen-bond donors (Lipinski definition) is 0. The average molecular weight is 786 g/mol. The van der Waals surface area contributed by atoms with Crippen molar-refractivity contribution in [3.63, 3.8) is 0 Å². The Balaban J connectivity index is 0.951. The van der Waals surface area contributed by atoms with Crippen LogP contribution in [0, 0.1) is 0 Å². The van der Waals surface area contributed by atoms with E-state index in [-0.39, 0.29) is 0 Å². The summed E-state index contributed by atoms with van der Waals surface area (Å²) in [5.74, 6) is 0. The smallest absolute Gasteiger partial charge is 0.0468 e. The van der Waals surface area contributed by atoms with Crippen molar-refractivity contribution in [3.8, 4) is 33.4 Å². The van der Waals surface area contributed by atoms with Gasteiger partial charge in [0.2, 0.25) is 0 Å². The van der Waals surface area contributed by atoms with Crippen LogP contribution in [0.1, 0.15) is 0 Å². The molecule has 59 heavy (non-hydrogen) atoms. The van der Waals surface area contributed by atoms with Crippen molar-refractivity contribution >= 4 is 102 Å². The second-order valence-corrected chi connectivity index (χ2v) is 17.4. The molecule has 0 aliphatic rings. The summed E-state index contributed by atoms with van der Waals surface area (Å²) in [5, 5.41) is 10.4. The molecule has 0 N–H and O–H groups in total. The van der Waals surface area contributed by atoms with Crippen LogP contribution in [0.15, 0.2) is 212 Å². The molecule has 276 valence electrons. The topological polar surface area (TPSA) is 3.24 Å². The largest absolute Gasteiger partial charge is 0.310 e. The fourth-order valence-corrected chi connectivity index (χ4v) is 11.6. The van der Waals surface area contributed by atoms with Gasteiger partial charge in [-0.3, -0.25) is 0 Å². The Morgan fingerprint density at radius 2 is 0.881 bits per heavy atom. The lowest BCUT2D eigenvalue weighted by atomic mass is 9.97. The molecule has 0 saturated carbocycles. The Labute approximate surface area is 350 Å². The highest BCUT2D eigenvalue weighted by Gasteiger charge is 2.18. The van der Waals surface area contributed by atoms with Gasteiger partial charge in [0.1, 0.15) is 0 Å². The van der Waals surface area contributed by atoms with Crippen LogP contribution in [-0.4, -0.2) is 0 Å². The maximum absolute atomic E-state index is 2.38. The SMILES string of the molecule is c1ccc(-c2ccc(N(c3ccc(-c4cccc5ccccc45)cc3)c3ccc4cc(-c5cccc6c5sc5c6ccc6sc7ccccc7c65)ccc4c3)cc2)cc1. The molecule has 3 heteroatoms. The van der Waals surface area contributed by atoms with E-state index in [1.165, 1.54) is 95.3 Å². The van der Waals surface area contributed by atoms with Crippen LogP contribution in [0.2, 0.25) is 0 Å². The quantitative estimate of drug-likeness (QED) is 0.162. The second-order valence-electron chi connectivity index (χ2n) is 15.3. The molecule has 0 aliphatic carbocycles. The zero-order valence-corrected chi connectivity index (χ0v) is 33.6. The number of rotatable bonds is 6. The van der Waals surface area contributed by atoms with E-state index < -0.39 is 0 Å². The first-order valence-corrected chi connectivity index (χ1v) is 21.7. The minimum atomic E-state index is 1.11. The van der Waals surface area contributed by atoms with E-state index in [2.05, 4.69) is 217 Å². The van der Waals surface area contributed by atoms with Gasteiger partial charge >= 0.3 is 0 Å². The Morgan fingerprint density at radius 3 is 1.73 bits per heavy atom. The zero-order chi connectivity index (χ0) is 38.9. The van der Waals surface area contributed by atoms with Crippen molar-refractivity contribution in [2.45, 2.75) is 0 Å². The minimum absolute atomic E-state index is 1.11. The van der Waals surface area contributed by atoms with Gasteiger partial charge in [0.25, 0.3) is 0 Å². The molecule has 0 radical (unpaired) electrons. The average Bonchev–Trinajstić information content (AvgIpc) is 3.88. The van der Waals surface area contributed by atoms with Crippen molar-refractivity contribution in [3.05, 3.63) is 212 Å². The summed E-state index contributed by atoms with van der Waals surface area (Å²) in [6.45, 7) is 0. The van der Waals surface area contributed by atoms with Crippen LogP contribution in [0.4, 0.5) is 17.1 Å². The molecule has 0 fully saturated rings. The molecule has 0 spiro atoms. The first-order valence-electron chi connectivity index (χ1n) is 20.1. The first-order chi connectivity index (χ1) is 29.2. The van der Waals surface area contributed by atoms with Crippen molar-refractivity contribution in [2.75, 3.05) is 4.90 Å². The standard InChI is InChI=1S/C56H35NS2/c1-2-10-36(11-3-1)37-22-27-43(28-23-37)57(44-29-24-39(25-30-44)47-16-8-13-38-12-4-5-14-46(38)47)45-31-26-40-34-42(21-20-41(40)35-45)48-17-9-18-49-50-32-33-53-54(56(50)59-55(48)49)51-15-6-7-19-52(51)58-53/h1-35H. The third-order valence-corrected chi connectivity index (χ3v) is 14.3. The molecule has 2 aromatic heterocycles. The van der Waals surface area contributed by atoms with Crippen molar-refractivity contribution < 1.29 is 0 Å². The summed E-state index contributed by atoms with van der Waals surface area (Å²) in [5.41, 5.74) is 10.7. The van der Waals surface area contributed by atoms with E-state index in [9.17, 15) is 0 Å². The van der Waals surface area contributed by atoms with Gasteiger partial charge in [0.15, 0.2) is 0 Å². The minimum Gasteiger partial charge on any atom is -0.310 e. The summed E-state index contributed by atoms with van der Waals surface area (Å²) < 4.78 is 5.44. The molecule has 0 saturated heterocycles. The van der Waals surface area contributed by atoms with E-state index in [0.717, 1.165) is 17.1 Å². The number of nitrogens with zero attached hydrogens (tertiary/aromatic N) is 1. The number of fused-ring (bicyclic) bond motifs is 9. The summed E-state index contributed by atoms with van der Waals surface area (Å²) >= 11 is 3.83. The van der Waals surface area contributed by atoms with Gasteiger partial charge in [-0.2, -0.15) is 0 Å². The number of thiophene rings is 2. The van der Waals surface area contributed by atoms with Gasteiger partial charge in [0, 0.05) is 57.4 Å². The highest BCUT2D eigenvalue weighted by atomic mass is 32.1. The normalized spacial score (nSPS) is 11.7. The van der Waals surface area contributed by atoms with E-state index >= 15 is 0 Å². The number of benzene rings is 10. The third kappa shape index (κ3) is 5.73. The van der Waals surface area contributed by atoms with Gasteiger partial charge in [-0.05, 0) is 110 Å². The van der Waals surface area contributed by atoms with Crippen LogP contribution < -0.4 is 4.90 Å². The maximum atomic E-state index is 2.38. The molecule has 2 heterocycles. The Kier molecular flexibility index (Phi) is 7.97. The van der Waals surface area contributed by atoms with Crippen LogP contribution in [0.3, 0.4) is 0 Å². The molecule has 12 rings (SSSR count). The predicted molar refractivity (Wildman–Crippen MR) is 258 cm³/mol. The Bertz CT molecular complexity index is 3540. The molecule has 1 nitrogen and oxygen atoms in total. The highest BCUT2D eigenvalue weighted by Crippen LogP contribution is 2.47. The van der Waals surface area contributed by atoms with Crippen LogP contribution in [-0.2, 0) is 0 Å². The molecular weight excluding hydrogens is 751 g/mol. The maximum Gasteiger partial charge on any atom is 0.0468 e. The van der Waals surface area contributed by atoms with Crippen molar-refractivity contribution in [1.82, 2.24) is 0 Å². The van der Waals surface area contributed by atoms with Crippen LogP contribution in [0.5, 0.6) is 0 Å². The lowest BCUT2D eigenvalue weighted by Gasteiger charge is -2.26. The Hall–Kier alpha value is -7.04. The van der Waals surface area contributed by atoms with Crippen LogP contribution >= 0.6 is 22.7 Å². The van der Waals surface area contributed by atoms with Gasteiger partial charge in [-0.25, -0.2) is 0 Å². The summed E-state index contributed by atoms with van der Waals surface area (Å²) in [6, 6.07) is 77.9. The predicted octanol–water partition coefficient (Wildman–Crippen LogP) is 17.2. The summed E-state index contributed by atoms with van der Waals surface area (Å²) in [7, 11) is 0. The molecule has 0 bridgehead atoms. The molecule has 0 atom stereocenters. The fraction of sp³-hybridized carbons (Fsp3) is 0. The molecule has 0 aliphatic heterocycles. The third-order valence-electron chi connectivity index (χ3n) is 11.9. The van der Waals surface area contributed by atoms with Gasteiger partial charge in [-0.1, -0.05) is 158 Å². The second kappa shape index (κ2) is 13.8. The molecule has 12 aromatic rings. The summed E-state index contributed by atoms with van der Waals surface area (Å²) in [6.07, 6.45) is 0. The van der Waals surface area contributed by atoms with Gasteiger partial charge in [-0.15, -0.1) is 22.7 Å². The highest BCUT2D eigenvalue weighted by molar-refractivity contribution is 7.30. The van der Waals surface area contributed by atoms with E-state index in [4.69, 9.17) is 0 Å². The molecule has 0 unspecified atom stereocenters. The molecule has 0 amide bonds. The molecule has 10 aromatic carbocycles. The monoisotopic (exact) mass is 785 g/mol. The van der Waals surface area contributed by atoms with Crippen LogP contribution in [0.25, 0.3) is 95.3 Å². The van der Waals surface area contributed by atoms with Crippen molar-refractivity contribution in [1.29, 1.82) is 0 Å². The Morgan fingerprint density at radius 1 is 0.288 bits per heavy atom. The van der Waals surface area contributed by atoms with Crippen molar-refractivity contribution in [2.24, 2.45) is 0 Å². The molecular formula is C56H35NS2. The lowest BCUT2D eigenvalue weighted by molar-refractivity contribution is 1.29. The van der Waals surface area contributed by atoms with Gasteiger partial charge < -0.3 is 4.90 Å². The summed E-state index contributed by atoms with van der Waals surface area (Å²) in [4.78, 5) is 2.38. The van der Waals surface area contributed by atoms with E-state index in [1.54, 1.807) is 0 Å². The van der Waals surface area contributed by atoms with Gasteiger partial charge in [0.05, 0.1) is 0 Å². The van der Waals surface area contributed by atoms with E-state index in [1.807, 2.05) is 22.7 Å². The van der Waals surface area contributed by atoms with E-state index in [0.29, 0.717) is 0 Å². The lowest BCUT2D eigenvalue weighted by Crippen LogP contribution is -2.09. The fourth-order valence-electron chi connectivity index (χ4n) is 8.98.